The van der Waals surface area contributed by atoms with E-state index < -0.39 is 31.3 Å². The van der Waals surface area contributed by atoms with Crippen LogP contribution < -0.4 is 10.1 Å². The van der Waals surface area contributed by atoms with E-state index in [1.54, 1.807) is 24.3 Å². The number of sulfone groups is 1. The molecule has 1 aromatic carbocycles. The van der Waals surface area contributed by atoms with E-state index in [9.17, 15) is 18.5 Å². The zero-order valence-corrected chi connectivity index (χ0v) is 11.6. The van der Waals surface area contributed by atoms with Gasteiger partial charge in [0.2, 0.25) is 14.9 Å². The first-order chi connectivity index (χ1) is 9.89. The fourth-order valence-electron chi connectivity index (χ4n) is 1.80. The van der Waals surface area contributed by atoms with E-state index in [0.717, 1.165) is 0 Å². The lowest BCUT2D eigenvalue weighted by atomic mass is 10.2. The first-order valence-electron chi connectivity index (χ1n) is 5.63. The molecule has 0 aromatic heterocycles. The zero-order chi connectivity index (χ0) is 15.6. The summed E-state index contributed by atoms with van der Waals surface area (Å²) < 4.78 is 28.4. The number of oxime groups is 1. The number of methoxy groups -OCH3 is 1. The summed E-state index contributed by atoms with van der Waals surface area (Å²) in [6.45, 7) is 0. The summed E-state index contributed by atoms with van der Waals surface area (Å²) in [7, 11) is -2.53. The van der Waals surface area contributed by atoms with Crippen LogP contribution in [0.1, 0.15) is 0 Å². The summed E-state index contributed by atoms with van der Waals surface area (Å²) >= 11 is 0. The summed E-state index contributed by atoms with van der Waals surface area (Å²) in [6, 6.07) is 6.27. The Morgan fingerprint density at radius 1 is 1.38 bits per heavy atom. The van der Waals surface area contributed by atoms with Gasteiger partial charge in [0.15, 0.2) is 5.70 Å². The van der Waals surface area contributed by atoms with Gasteiger partial charge in [0, 0.05) is 5.69 Å². The van der Waals surface area contributed by atoms with E-state index >= 15 is 0 Å². The van der Waals surface area contributed by atoms with E-state index in [1.807, 2.05) is 0 Å². The molecule has 0 aliphatic carbocycles. The molecule has 21 heavy (non-hydrogen) atoms. The monoisotopic (exact) mass is 313 g/mol. The van der Waals surface area contributed by atoms with Crippen LogP contribution in [-0.4, -0.2) is 36.5 Å². The van der Waals surface area contributed by atoms with Gasteiger partial charge >= 0.3 is 0 Å². The Balaban J connectivity index is 2.42. The smallest absolute Gasteiger partial charge is 0.287 e. The molecule has 0 saturated heterocycles. The van der Waals surface area contributed by atoms with Crippen LogP contribution in [0.25, 0.3) is 0 Å². The van der Waals surface area contributed by atoms with E-state index in [-0.39, 0.29) is 5.70 Å². The quantitative estimate of drug-likeness (QED) is 0.477. The van der Waals surface area contributed by atoms with Crippen molar-refractivity contribution in [3.63, 3.8) is 0 Å². The van der Waals surface area contributed by atoms with E-state index in [1.165, 1.54) is 7.11 Å². The molecule has 1 aliphatic rings. The fourth-order valence-corrected chi connectivity index (χ4v) is 3.15. The van der Waals surface area contributed by atoms with Crippen LogP contribution in [0.2, 0.25) is 0 Å². The van der Waals surface area contributed by atoms with Gasteiger partial charge in [0.05, 0.1) is 12.0 Å². The standard InChI is InChI=1S/C11H11N3O6S/c1-20-8-4-2-7(3-5-8)12-10-9(14(16)17)6-21(18,19)11(10)13-15/h2-5,12,15H,6H2,1H3/b13-11-. The summed E-state index contributed by atoms with van der Waals surface area (Å²) in [6.07, 6.45) is 0. The molecule has 2 rings (SSSR count). The molecule has 0 amide bonds. The third-order valence-corrected chi connectivity index (χ3v) is 4.32. The highest BCUT2D eigenvalue weighted by Gasteiger charge is 2.43. The van der Waals surface area contributed by atoms with Gasteiger partial charge < -0.3 is 15.3 Å². The van der Waals surface area contributed by atoms with Crippen LogP contribution in [0.3, 0.4) is 0 Å². The van der Waals surface area contributed by atoms with E-state index in [4.69, 9.17) is 9.94 Å². The third kappa shape index (κ3) is 2.79. The maximum Gasteiger partial charge on any atom is 0.287 e. The first kappa shape index (κ1) is 14.8. The minimum Gasteiger partial charge on any atom is -0.497 e. The minimum atomic E-state index is -4.02. The summed E-state index contributed by atoms with van der Waals surface area (Å²) in [5, 5.41) is 24.3. The van der Waals surface area contributed by atoms with E-state index in [0.29, 0.717) is 11.4 Å². The number of anilines is 1. The Hall–Kier alpha value is -2.62. The van der Waals surface area contributed by atoms with Crippen molar-refractivity contribution in [1.29, 1.82) is 0 Å². The average molecular weight is 313 g/mol. The molecule has 2 N–H and O–H groups in total. The molecular weight excluding hydrogens is 302 g/mol. The largest absolute Gasteiger partial charge is 0.497 e. The van der Waals surface area contributed by atoms with Crippen LogP contribution in [0.15, 0.2) is 40.8 Å². The highest BCUT2D eigenvalue weighted by Crippen LogP contribution is 2.26. The van der Waals surface area contributed by atoms with Gasteiger partial charge in [-0.05, 0) is 24.3 Å². The van der Waals surface area contributed by atoms with Gasteiger partial charge in [-0.2, -0.15) is 0 Å². The SMILES string of the molecule is COc1ccc(NC2=C([N+](=O)[O-])CS(=O)(=O)/C2=N\O)cc1. The number of nitro groups is 1. The molecule has 0 saturated carbocycles. The number of hydrogen-bond donors (Lipinski definition) is 2. The zero-order valence-electron chi connectivity index (χ0n) is 10.8. The number of nitrogens with one attached hydrogen (secondary N) is 1. The van der Waals surface area contributed by atoms with Crippen molar-refractivity contribution in [3.05, 3.63) is 45.8 Å². The van der Waals surface area contributed by atoms with Crippen molar-refractivity contribution < 1.29 is 23.3 Å². The van der Waals surface area contributed by atoms with Gasteiger partial charge in [-0.25, -0.2) is 8.42 Å². The molecule has 1 aliphatic heterocycles. The van der Waals surface area contributed by atoms with Crippen molar-refractivity contribution >= 4 is 20.6 Å². The Labute approximate surface area is 119 Å². The molecule has 0 radical (unpaired) electrons. The molecule has 112 valence electrons. The molecule has 1 aromatic rings. The minimum absolute atomic E-state index is 0.340. The molecule has 0 spiro atoms. The molecular formula is C11H11N3O6S. The maximum atomic E-state index is 11.7. The van der Waals surface area contributed by atoms with Crippen LogP contribution >= 0.6 is 0 Å². The second-order valence-corrected chi connectivity index (χ2v) is 6.00. The predicted molar refractivity (Wildman–Crippen MR) is 73.6 cm³/mol. The highest BCUT2D eigenvalue weighted by molar-refractivity contribution is 8.07. The highest BCUT2D eigenvalue weighted by atomic mass is 32.2. The molecule has 1 heterocycles. The van der Waals surface area contributed by atoms with Crippen LogP contribution in [0.5, 0.6) is 5.75 Å². The van der Waals surface area contributed by atoms with Crippen molar-refractivity contribution in [1.82, 2.24) is 0 Å². The molecule has 10 heteroatoms. The lowest BCUT2D eigenvalue weighted by Gasteiger charge is -2.07. The Morgan fingerprint density at radius 2 is 2.00 bits per heavy atom. The van der Waals surface area contributed by atoms with Crippen LogP contribution in [0, 0.1) is 10.1 Å². The number of nitrogens with zero attached hydrogens (tertiary/aromatic N) is 2. The number of rotatable bonds is 4. The summed E-state index contributed by atoms with van der Waals surface area (Å²) in [4.78, 5) is 10.1. The predicted octanol–water partition coefficient (Wildman–Crippen LogP) is 0.811. The molecule has 9 nitrogen and oxygen atoms in total. The number of ether oxygens (including phenoxy) is 1. The normalized spacial score (nSPS) is 18.8. The average Bonchev–Trinajstić information content (AvgIpc) is 2.70. The molecule has 0 unspecified atom stereocenters. The topological polar surface area (TPSA) is 131 Å². The number of benzene rings is 1. The van der Waals surface area contributed by atoms with Gasteiger partial charge in [-0.3, -0.25) is 10.1 Å². The van der Waals surface area contributed by atoms with Crippen molar-refractivity contribution in [2.24, 2.45) is 5.16 Å². The summed E-state index contributed by atoms with van der Waals surface area (Å²) in [5.41, 5.74) is -0.519. The van der Waals surface area contributed by atoms with Gasteiger partial charge in [0.25, 0.3) is 5.70 Å². The fraction of sp³-hybridized carbons (Fsp3) is 0.182. The molecule has 0 bridgehead atoms. The Bertz CT molecular complexity index is 736. The molecule has 0 fully saturated rings. The second kappa shape index (κ2) is 5.40. The maximum absolute atomic E-state index is 11.7. The lowest BCUT2D eigenvalue weighted by Crippen LogP contribution is -2.16. The summed E-state index contributed by atoms with van der Waals surface area (Å²) in [5.74, 6) is -0.253. The Morgan fingerprint density at radius 3 is 2.48 bits per heavy atom. The second-order valence-electron chi connectivity index (χ2n) is 4.10. The van der Waals surface area contributed by atoms with Crippen molar-refractivity contribution in [2.45, 2.75) is 0 Å². The van der Waals surface area contributed by atoms with Gasteiger partial charge in [-0.15, -0.1) is 0 Å². The van der Waals surface area contributed by atoms with Crippen molar-refractivity contribution in [3.8, 4) is 5.75 Å². The number of hydrogen-bond acceptors (Lipinski definition) is 8. The van der Waals surface area contributed by atoms with Crippen LogP contribution in [-0.2, 0) is 9.84 Å². The van der Waals surface area contributed by atoms with Gasteiger partial charge in [0.1, 0.15) is 11.5 Å². The third-order valence-electron chi connectivity index (χ3n) is 2.79. The molecule has 0 atom stereocenters. The first-order valence-corrected chi connectivity index (χ1v) is 7.28. The van der Waals surface area contributed by atoms with Crippen LogP contribution in [0.4, 0.5) is 5.69 Å². The van der Waals surface area contributed by atoms with Gasteiger partial charge in [-0.1, -0.05) is 5.16 Å². The lowest BCUT2D eigenvalue weighted by molar-refractivity contribution is -0.423. The van der Waals surface area contributed by atoms with Crippen molar-refractivity contribution in [2.75, 3.05) is 18.2 Å². The van der Waals surface area contributed by atoms with E-state index in [2.05, 4.69) is 10.5 Å². The Kier molecular flexibility index (Phi) is 3.80.